The van der Waals surface area contributed by atoms with E-state index in [-0.39, 0.29) is 11.3 Å². The third kappa shape index (κ3) is 9.32. The number of aromatic nitrogens is 3. The van der Waals surface area contributed by atoms with Gasteiger partial charge in [-0.25, -0.2) is 14.6 Å². The Morgan fingerprint density at radius 3 is 2.10 bits per heavy atom. The van der Waals surface area contributed by atoms with Crippen molar-refractivity contribution in [3.8, 4) is 0 Å². The molecule has 2 aliphatic heterocycles. The van der Waals surface area contributed by atoms with Crippen LogP contribution in [0.2, 0.25) is 0 Å². The molecular weight excluding hydrogens is 578 g/mol. The van der Waals surface area contributed by atoms with Crippen LogP contribution in [0.25, 0.3) is 0 Å². The minimum atomic E-state index is -5.08. The topological polar surface area (TPSA) is 132 Å². The monoisotopic (exact) mass is 610 g/mol. The molecule has 0 aliphatic carbocycles. The summed E-state index contributed by atoms with van der Waals surface area (Å²) >= 11 is 0. The molecule has 2 aliphatic rings. The van der Waals surface area contributed by atoms with Crippen molar-refractivity contribution in [3.05, 3.63) is 42.4 Å². The number of carbonyl (C=O) groups is 3. The maximum absolute atomic E-state index is 13.3. The van der Waals surface area contributed by atoms with Gasteiger partial charge < -0.3 is 20.0 Å². The zero-order valence-electron chi connectivity index (χ0n) is 23.1. The summed E-state index contributed by atoms with van der Waals surface area (Å²) in [6.07, 6.45) is -2.34. The van der Waals surface area contributed by atoms with Gasteiger partial charge in [0, 0.05) is 71.2 Å². The van der Waals surface area contributed by atoms with E-state index in [0.29, 0.717) is 5.92 Å². The maximum Gasteiger partial charge on any atom is 0.490 e. The van der Waals surface area contributed by atoms with E-state index >= 15 is 0 Å². The van der Waals surface area contributed by atoms with Gasteiger partial charge in [0.05, 0.1) is 11.6 Å². The predicted molar refractivity (Wildman–Crippen MR) is 136 cm³/mol. The molecule has 2 aromatic rings. The Morgan fingerprint density at radius 1 is 1.05 bits per heavy atom. The van der Waals surface area contributed by atoms with Crippen molar-refractivity contribution >= 4 is 23.7 Å². The average molecular weight is 611 g/mol. The Morgan fingerprint density at radius 2 is 1.64 bits per heavy atom. The fourth-order valence-electron chi connectivity index (χ4n) is 4.98. The molecule has 2 fully saturated rings. The maximum atomic E-state index is 13.3. The number of nitrogens with zero attached hydrogens (tertiary/aromatic N) is 6. The zero-order chi connectivity index (χ0) is 31.9. The first-order valence-corrected chi connectivity index (χ1v) is 12.5. The third-order valence-electron chi connectivity index (χ3n) is 6.73. The molecule has 4 heterocycles. The first-order chi connectivity index (χ1) is 19.4. The van der Waals surface area contributed by atoms with Gasteiger partial charge in [0.2, 0.25) is 5.91 Å². The first-order valence-electron chi connectivity index (χ1n) is 12.5. The molecule has 11 nitrogen and oxygen atoms in total. The molecule has 0 bridgehead atoms. The zero-order valence-corrected chi connectivity index (χ0v) is 23.1. The first kappa shape index (κ1) is 34.3. The number of amides is 1. The second-order valence-corrected chi connectivity index (χ2v) is 10.1. The van der Waals surface area contributed by atoms with Crippen molar-refractivity contribution in [2.24, 2.45) is 18.4 Å². The van der Waals surface area contributed by atoms with E-state index in [1.807, 2.05) is 56.4 Å². The van der Waals surface area contributed by atoms with Crippen molar-refractivity contribution in [1.82, 2.24) is 24.6 Å². The fraction of sp³-hybridized carbons (Fsp3) is 0.560. The molecule has 2 saturated heterocycles. The number of carboxylic acid groups (broad SMARTS) is 2. The summed E-state index contributed by atoms with van der Waals surface area (Å²) in [5.74, 6) is -3.98. The molecule has 42 heavy (non-hydrogen) atoms. The number of aryl methyl sites for hydroxylation is 1. The molecule has 17 heteroatoms. The molecule has 0 aromatic carbocycles. The Kier molecular flexibility index (Phi) is 11.3. The lowest BCUT2D eigenvalue weighted by molar-refractivity contribution is -0.193. The molecule has 2 aromatic heterocycles. The van der Waals surface area contributed by atoms with Crippen LogP contribution in [0.1, 0.15) is 18.4 Å². The average Bonchev–Trinajstić information content (AvgIpc) is 3.42. The SMILES string of the molecule is CN(C)C(=O)[C@]12CCCN(Cc3cnn(C)c3)C[C@H]1CN(c1ccccn1)C2.O=C(O)C(F)(F)F.O=C(O)C(F)(F)F. The van der Waals surface area contributed by atoms with Gasteiger partial charge in [0.1, 0.15) is 5.82 Å². The fourth-order valence-corrected chi connectivity index (χ4v) is 4.98. The number of likely N-dealkylation sites (tertiary alicyclic amines) is 1. The van der Waals surface area contributed by atoms with E-state index in [0.717, 1.165) is 51.4 Å². The minimum Gasteiger partial charge on any atom is -0.475 e. The van der Waals surface area contributed by atoms with Crippen LogP contribution in [-0.4, -0.2) is 105 Å². The summed E-state index contributed by atoms with van der Waals surface area (Å²) in [5.41, 5.74) is 0.901. The highest BCUT2D eigenvalue weighted by molar-refractivity contribution is 5.84. The van der Waals surface area contributed by atoms with E-state index in [1.54, 1.807) is 4.90 Å². The molecule has 2 N–H and O–H groups in total. The van der Waals surface area contributed by atoms with Gasteiger partial charge in [-0.1, -0.05) is 6.07 Å². The quantitative estimate of drug-likeness (QED) is 0.502. The number of rotatable bonds is 4. The predicted octanol–water partition coefficient (Wildman–Crippen LogP) is 2.89. The van der Waals surface area contributed by atoms with E-state index in [2.05, 4.69) is 26.1 Å². The summed E-state index contributed by atoms with van der Waals surface area (Å²) < 4.78 is 65.3. The van der Waals surface area contributed by atoms with Crippen molar-refractivity contribution < 1.29 is 50.9 Å². The van der Waals surface area contributed by atoms with E-state index in [9.17, 15) is 31.1 Å². The minimum absolute atomic E-state index is 0.263. The van der Waals surface area contributed by atoms with Crippen LogP contribution in [0.3, 0.4) is 0 Å². The van der Waals surface area contributed by atoms with Crippen molar-refractivity contribution in [2.75, 3.05) is 45.2 Å². The molecular formula is C25H32F6N6O5. The number of fused-ring (bicyclic) bond motifs is 1. The highest BCUT2D eigenvalue weighted by Crippen LogP contribution is 2.45. The lowest BCUT2D eigenvalue weighted by Crippen LogP contribution is -2.47. The van der Waals surface area contributed by atoms with Crippen molar-refractivity contribution in [1.29, 1.82) is 0 Å². The van der Waals surface area contributed by atoms with Crippen molar-refractivity contribution in [3.63, 3.8) is 0 Å². The number of aliphatic carboxylic acids is 2. The summed E-state index contributed by atoms with van der Waals surface area (Å²) in [5, 5.41) is 18.6. The Labute approximate surface area is 237 Å². The highest BCUT2D eigenvalue weighted by Gasteiger charge is 2.53. The molecule has 2 atom stereocenters. The normalized spacial score (nSPS) is 20.7. The van der Waals surface area contributed by atoms with Gasteiger partial charge in [0.25, 0.3) is 0 Å². The number of pyridine rings is 1. The van der Waals surface area contributed by atoms with Gasteiger partial charge >= 0.3 is 24.3 Å². The summed E-state index contributed by atoms with van der Waals surface area (Å²) in [6.45, 7) is 4.47. The Hall–Kier alpha value is -3.89. The van der Waals surface area contributed by atoms with Gasteiger partial charge in [-0.2, -0.15) is 31.4 Å². The van der Waals surface area contributed by atoms with Crippen LogP contribution in [0.15, 0.2) is 36.8 Å². The van der Waals surface area contributed by atoms with Gasteiger partial charge in [-0.3, -0.25) is 14.4 Å². The smallest absolute Gasteiger partial charge is 0.475 e. The van der Waals surface area contributed by atoms with Crippen LogP contribution >= 0.6 is 0 Å². The number of halogens is 6. The Balaban J connectivity index is 0.000000367. The second-order valence-electron chi connectivity index (χ2n) is 10.1. The van der Waals surface area contributed by atoms with E-state index in [4.69, 9.17) is 19.8 Å². The number of carbonyl (C=O) groups excluding carboxylic acids is 1. The van der Waals surface area contributed by atoms with Crippen LogP contribution < -0.4 is 4.90 Å². The highest BCUT2D eigenvalue weighted by atomic mass is 19.4. The molecule has 0 spiro atoms. The third-order valence-corrected chi connectivity index (χ3v) is 6.73. The van der Waals surface area contributed by atoms with Gasteiger partial charge in [-0.15, -0.1) is 0 Å². The number of alkyl halides is 6. The number of anilines is 1. The number of carboxylic acids is 2. The van der Waals surface area contributed by atoms with Crippen LogP contribution in [0, 0.1) is 11.3 Å². The lowest BCUT2D eigenvalue weighted by Gasteiger charge is -2.34. The molecule has 4 rings (SSSR count). The molecule has 0 unspecified atom stereocenters. The standard InChI is InChI=1S/C21H30N6O.2C2HF3O2/c1-24(2)20(28)21-8-6-10-26(13-17-11-23-25(3)12-17)14-18(21)15-27(16-21)19-7-4-5-9-22-19;2*3-2(4,5)1(6)7/h4-5,7,9,11-12,18H,6,8,10,13-16H2,1-3H3;2*(H,6,7)/t18-,21-;;/m0../s1. The van der Waals surface area contributed by atoms with E-state index in [1.165, 1.54) is 5.56 Å². The Bertz CT molecular complexity index is 1180. The van der Waals surface area contributed by atoms with E-state index < -0.39 is 24.3 Å². The van der Waals surface area contributed by atoms with Gasteiger partial charge in [0.15, 0.2) is 0 Å². The molecule has 0 saturated carbocycles. The van der Waals surface area contributed by atoms with Gasteiger partial charge in [-0.05, 0) is 31.5 Å². The molecule has 0 radical (unpaired) electrons. The van der Waals surface area contributed by atoms with Crippen LogP contribution in [-0.2, 0) is 28.0 Å². The summed E-state index contributed by atoms with van der Waals surface area (Å²) in [4.78, 5) is 42.3. The second kappa shape index (κ2) is 13.8. The molecule has 234 valence electrons. The summed E-state index contributed by atoms with van der Waals surface area (Å²) in [7, 11) is 5.72. The number of hydrogen-bond donors (Lipinski definition) is 2. The molecule has 1 amide bonds. The van der Waals surface area contributed by atoms with Crippen molar-refractivity contribution in [2.45, 2.75) is 31.7 Å². The lowest BCUT2D eigenvalue weighted by atomic mass is 9.74. The van der Waals surface area contributed by atoms with Crippen LogP contribution in [0.5, 0.6) is 0 Å². The van der Waals surface area contributed by atoms with Crippen LogP contribution in [0.4, 0.5) is 32.2 Å². The largest absolute Gasteiger partial charge is 0.490 e. The summed E-state index contributed by atoms with van der Waals surface area (Å²) in [6, 6.07) is 6.01. The number of hydrogen-bond acceptors (Lipinski definition) is 7.